The molecule has 0 rings (SSSR count). The minimum atomic E-state index is -0.0357. The summed E-state index contributed by atoms with van der Waals surface area (Å²) in [4.78, 5) is 0. The molecule has 21 heavy (non-hydrogen) atoms. The Balaban J connectivity index is 3.28. The van der Waals surface area contributed by atoms with Crippen LogP contribution in [0.3, 0.4) is 0 Å². The summed E-state index contributed by atoms with van der Waals surface area (Å²) < 4.78 is 0. The van der Waals surface area contributed by atoms with Crippen LogP contribution in [0, 0.1) is 5.92 Å². The molecule has 0 heterocycles. The molecule has 1 heteroatoms. The first-order valence-corrected chi connectivity index (χ1v) is 9.88. The van der Waals surface area contributed by atoms with Crippen molar-refractivity contribution in [2.75, 3.05) is 0 Å². The van der Waals surface area contributed by atoms with Gasteiger partial charge in [0, 0.05) is 0 Å². The average molecular weight is 299 g/mol. The molecular weight excluding hydrogens is 256 g/mol. The Labute approximate surface area is 134 Å². The summed E-state index contributed by atoms with van der Waals surface area (Å²) >= 11 is 0. The maximum Gasteiger partial charge on any atom is 0.0540 e. The van der Waals surface area contributed by atoms with Gasteiger partial charge >= 0.3 is 0 Å². The summed E-state index contributed by atoms with van der Waals surface area (Å²) in [6.45, 7) is 6.92. The van der Waals surface area contributed by atoms with Gasteiger partial charge in [0.15, 0.2) is 0 Å². The van der Waals surface area contributed by atoms with Crippen LogP contribution in [0.15, 0.2) is 0 Å². The van der Waals surface area contributed by atoms with Gasteiger partial charge < -0.3 is 5.11 Å². The van der Waals surface area contributed by atoms with Crippen LogP contribution in [0.25, 0.3) is 0 Å². The Morgan fingerprint density at radius 3 is 1.52 bits per heavy atom. The van der Waals surface area contributed by atoms with E-state index in [4.69, 9.17) is 0 Å². The Kier molecular flexibility index (Phi) is 16.3. The summed E-state index contributed by atoms with van der Waals surface area (Å²) in [5.41, 5.74) is 0. The van der Waals surface area contributed by atoms with Crippen molar-refractivity contribution in [3.8, 4) is 0 Å². The fourth-order valence-corrected chi connectivity index (χ4v) is 3.06. The predicted molar refractivity (Wildman–Crippen MR) is 95.8 cm³/mol. The summed E-state index contributed by atoms with van der Waals surface area (Å²) in [5, 5.41) is 9.97. The zero-order valence-corrected chi connectivity index (χ0v) is 15.2. The first-order chi connectivity index (χ1) is 10.2. The normalized spacial score (nSPS) is 14.3. The van der Waals surface area contributed by atoms with Gasteiger partial charge in [-0.1, -0.05) is 104 Å². The number of rotatable bonds is 16. The molecule has 0 amide bonds. The van der Waals surface area contributed by atoms with Crippen molar-refractivity contribution >= 4 is 0 Å². The second-order valence-corrected chi connectivity index (χ2v) is 7.10. The lowest BCUT2D eigenvalue weighted by atomic mass is 9.95. The standard InChI is InChI=1S/C20H42O/c1-4-6-8-10-12-17-20(21)18-14-13-16-19(3)15-11-9-7-5-2/h19-21H,4-18H2,1-3H3. The SMILES string of the molecule is CCCCCCCC(O)CCCCC(C)CCCCCC. The van der Waals surface area contributed by atoms with E-state index in [-0.39, 0.29) is 6.10 Å². The van der Waals surface area contributed by atoms with Gasteiger partial charge in [-0.05, 0) is 18.8 Å². The van der Waals surface area contributed by atoms with E-state index in [0.29, 0.717) is 0 Å². The number of unbranched alkanes of at least 4 members (excludes halogenated alkanes) is 8. The first-order valence-electron chi connectivity index (χ1n) is 9.88. The van der Waals surface area contributed by atoms with Crippen LogP contribution in [0.5, 0.6) is 0 Å². The molecule has 0 saturated heterocycles. The lowest BCUT2D eigenvalue weighted by Gasteiger charge is -2.13. The Morgan fingerprint density at radius 2 is 0.952 bits per heavy atom. The maximum atomic E-state index is 9.97. The fourth-order valence-electron chi connectivity index (χ4n) is 3.06. The van der Waals surface area contributed by atoms with Crippen LogP contribution in [0.1, 0.15) is 117 Å². The molecule has 0 aliphatic carbocycles. The Hall–Kier alpha value is -0.0400. The molecule has 0 aliphatic rings. The molecule has 2 atom stereocenters. The highest BCUT2D eigenvalue weighted by Gasteiger charge is 2.06. The van der Waals surface area contributed by atoms with Gasteiger partial charge in [-0.2, -0.15) is 0 Å². The molecule has 0 radical (unpaired) electrons. The smallest absolute Gasteiger partial charge is 0.0540 e. The largest absolute Gasteiger partial charge is 0.393 e. The van der Waals surface area contributed by atoms with Crippen molar-refractivity contribution in [1.29, 1.82) is 0 Å². The molecular formula is C20H42O. The molecule has 1 N–H and O–H groups in total. The zero-order valence-electron chi connectivity index (χ0n) is 15.2. The number of hydrogen-bond acceptors (Lipinski definition) is 1. The summed E-state index contributed by atoms with van der Waals surface area (Å²) in [6.07, 6.45) is 19.4. The maximum absolute atomic E-state index is 9.97. The van der Waals surface area contributed by atoms with Gasteiger partial charge in [-0.25, -0.2) is 0 Å². The summed E-state index contributed by atoms with van der Waals surface area (Å²) in [6, 6.07) is 0. The lowest BCUT2D eigenvalue weighted by Crippen LogP contribution is -2.06. The summed E-state index contributed by atoms with van der Waals surface area (Å²) in [7, 11) is 0. The zero-order chi connectivity index (χ0) is 15.8. The van der Waals surface area contributed by atoms with Crippen molar-refractivity contribution in [1.82, 2.24) is 0 Å². The molecule has 0 spiro atoms. The molecule has 0 aromatic carbocycles. The second kappa shape index (κ2) is 16.3. The lowest BCUT2D eigenvalue weighted by molar-refractivity contribution is 0.146. The highest BCUT2D eigenvalue weighted by Crippen LogP contribution is 2.18. The highest BCUT2D eigenvalue weighted by molar-refractivity contribution is 4.59. The van der Waals surface area contributed by atoms with E-state index < -0.39 is 0 Å². The van der Waals surface area contributed by atoms with Gasteiger partial charge in [0.1, 0.15) is 0 Å². The van der Waals surface area contributed by atoms with Gasteiger partial charge in [0.2, 0.25) is 0 Å². The van der Waals surface area contributed by atoms with Crippen LogP contribution in [0.2, 0.25) is 0 Å². The third-order valence-corrected chi connectivity index (χ3v) is 4.68. The van der Waals surface area contributed by atoms with Crippen LogP contribution >= 0.6 is 0 Å². The van der Waals surface area contributed by atoms with E-state index >= 15 is 0 Å². The third kappa shape index (κ3) is 16.2. The molecule has 0 bridgehead atoms. The average Bonchev–Trinajstić information content (AvgIpc) is 2.48. The van der Waals surface area contributed by atoms with E-state index in [1.54, 1.807) is 0 Å². The van der Waals surface area contributed by atoms with Crippen molar-refractivity contribution < 1.29 is 5.11 Å². The van der Waals surface area contributed by atoms with Gasteiger partial charge in [-0.3, -0.25) is 0 Å². The molecule has 0 fully saturated rings. The molecule has 1 nitrogen and oxygen atoms in total. The van der Waals surface area contributed by atoms with E-state index in [9.17, 15) is 5.11 Å². The van der Waals surface area contributed by atoms with Gasteiger partial charge in [0.05, 0.1) is 6.10 Å². The monoisotopic (exact) mass is 298 g/mol. The Morgan fingerprint density at radius 1 is 0.571 bits per heavy atom. The highest BCUT2D eigenvalue weighted by atomic mass is 16.3. The number of aliphatic hydroxyl groups excluding tert-OH is 1. The molecule has 128 valence electrons. The first kappa shape index (κ1) is 21.0. The third-order valence-electron chi connectivity index (χ3n) is 4.68. The summed E-state index contributed by atoms with van der Waals surface area (Å²) in [5.74, 6) is 0.882. The van der Waals surface area contributed by atoms with Crippen molar-refractivity contribution in [2.24, 2.45) is 5.92 Å². The molecule has 2 unspecified atom stereocenters. The fraction of sp³-hybridized carbons (Fsp3) is 1.00. The van der Waals surface area contributed by atoms with E-state index in [1.807, 2.05) is 0 Å². The van der Waals surface area contributed by atoms with Crippen LogP contribution in [-0.4, -0.2) is 11.2 Å². The topological polar surface area (TPSA) is 20.2 Å². The molecule has 0 aliphatic heterocycles. The van der Waals surface area contributed by atoms with E-state index in [2.05, 4.69) is 20.8 Å². The Bertz CT molecular complexity index is 190. The van der Waals surface area contributed by atoms with Crippen LogP contribution < -0.4 is 0 Å². The molecule has 0 saturated carbocycles. The van der Waals surface area contributed by atoms with Gasteiger partial charge in [0.25, 0.3) is 0 Å². The van der Waals surface area contributed by atoms with E-state index in [1.165, 1.54) is 83.5 Å². The van der Waals surface area contributed by atoms with Crippen molar-refractivity contribution in [3.63, 3.8) is 0 Å². The van der Waals surface area contributed by atoms with Crippen molar-refractivity contribution in [3.05, 3.63) is 0 Å². The number of hydrogen-bond donors (Lipinski definition) is 1. The molecule has 0 aromatic heterocycles. The minimum Gasteiger partial charge on any atom is -0.393 e. The van der Waals surface area contributed by atoms with Gasteiger partial charge in [-0.15, -0.1) is 0 Å². The second-order valence-electron chi connectivity index (χ2n) is 7.10. The minimum absolute atomic E-state index is 0.0357. The molecule has 0 aromatic rings. The van der Waals surface area contributed by atoms with Crippen molar-refractivity contribution in [2.45, 2.75) is 123 Å². The quantitative estimate of drug-likeness (QED) is 0.308. The number of aliphatic hydroxyl groups is 1. The van der Waals surface area contributed by atoms with Crippen LogP contribution in [-0.2, 0) is 0 Å². The van der Waals surface area contributed by atoms with Crippen LogP contribution in [0.4, 0.5) is 0 Å². The predicted octanol–water partition coefficient (Wildman–Crippen LogP) is 6.87. The van der Waals surface area contributed by atoms with E-state index in [0.717, 1.165) is 18.8 Å².